The van der Waals surface area contributed by atoms with Crippen LogP contribution in [0.1, 0.15) is 47.7 Å². The van der Waals surface area contributed by atoms with E-state index in [0.717, 1.165) is 28.6 Å². The maximum absolute atomic E-state index is 12.7. The molecule has 1 atom stereocenters. The molecule has 39 heavy (non-hydrogen) atoms. The molecule has 1 amide bonds. The average molecular weight is 536 g/mol. The number of carbonyl (C=O) groups excluding carboxylic acids is 1. The van der Waals surface area contributed by atoms with Crippen LogP contribution in [-0.4, -0.2) is 16.0 Å². The summed E-state index contributed by atoms with van der Waals surface area (Å²) in [6, 6.07) is 30.6. The minimum absolute atomic E-state index is 0.192. The number of benzene rings is 4. The van der Waals surface area contributed by atoms with E-state index >= 15 is 0 Å². The third kappa shape index (κ3) is 6.51. The number of nitrogens with one attached hydrogen (secondary N) is 2. The molecule has 7 heteroatoms. The first-order valence-corrected chi connectivity index (χ1v) is 13.3. The number of amides is 1. The summed E-state index contributed by atoms with van der Waals surface area (Å²) < 4.78 is 11.8. The van der Waals surface area contributed by atoms with Gasteiger partial charge in [-0.1, -0.05) is 56.3 Å². The van der Waals surface area contributed by atoms with Gasteiger partial charge < -0.3 is 14.5 Å². The largest absolute Gasteiger partial charge is 0.489 e. The first kappa shape index (κ1) is 26.1. The second-order valence-corrected chi connectivity index (χ2v) is 9.75. The normalized spacial score (nSPS) is 11.6. The van der Waals surface area contributed by atoms with Gasteiger partial charge in [-0.2, -0.15) is 0 Å². The van der Waals surface area contributed by atoms with Crippen LogP contribution in [0, 0.1) is 0 Å². The summed E-state index contributed by atoms with van der Waals surface area (Å²) in [6.45, 7) is 4.84. The average Bonchev–Trinajstić information content (AvgIpc) is 3.40. The highest BCUT2D eigenvalue weighted by atomic mass is 32.1. The van der Waals surface area contributed by atoms with Crippen LogP contribution in [0.25, 0.3) is 22.6 Å². The molecule has 6 nitrogen and oxygen atoms in total. The molecule has 0 spiro atoms. The molecule has 0 aliphatic rings. The van der Waals surface area contributed by atoms with Crippen molar-refractivity contribution in [3.05, 3.63) is 114 Å². The number of aromatic nitrogens is 1. The van der Waals surface area contributed by atoms with E-state index in [2.05, 4.69) is 36.6 Å². The Bertz CT molecular complexity index is 1600. The monoisotopic (exact) mass is 535 g/mol. The fourth-order valence-electron chi connectivity index (χ4n) is 4.12. The van der Waals surface area contributed by atoms with Gasteiger partial charge in [0, 0.05) is 16.8 Å². The van der Waals surface area contributed by atoms with Gasteiger partial charge in [0.05, 0.1) is 0 Å². The van der Waals surface area contributed by atoms with Gasteiger partial charge in [-0.3, -0.25) is 10.1 Å². The van der Waals surface area contributed by atoms with Crippen molar-refractivity contribution in [1.82, 2.24) is 10.3 Å². The fourth-order valence-corrected chi connectivity index (χ4v) is 4.33. The van der Waals surface area contributed by atoms with Gasteiger partial charge >= 0.3 is 0 Å². The number of carbonyl (C=O) groups is 1. The summed E-state index contributed by atoms with van der Waals surface area (Å²) in [6.07, 6.45) is 1.06. The topological polar surface area (TPSA) is 76.4 Å². The van der Waals surface area contributed by atoms with E-state index < -0.39 is 0 Å². The quantitative estimate of drug-likeness (QED) is 0.198. The summed E-state index contributed by atoms with van der Waals surface area (Å²) in [4.78, 5) is 17.4. The molecule has 5 aromatic rings. The van der Waals surface area contributed by atoms with E-state index in [4.69, 9.17) is 26.4 Å². The molecule has 0 fully saturated rings. The maximum Gasteiger partial charge on any atom is 0.257 e. The van der Waals surface area contributed by atoms with E-state index in [1.54, 1.807) is 24.3 Å². The molecule has 1 unspecified atom stereocenters. The number of hydrogen-bond donors (Lipinski definition) is 2. The second-order valence-electron chi connectivity index (χ2n) is 9.34. The molecule has 0 aliphatic carbocycles. The minimum atomic E-state index is -0.311. The molecule has 0 aliphatic heterocycles. The summed E-state index contributed by atoms with van der Waals surface area (Å²) in [7, 11) is 0. The highest BCUT2D eigenvalue weighted by Gasteiger charge is 2.13. The van der Waals surface area contributed by atoms with Crippen LogP contribution in [0.4, 0.5) is 5.69 Å². The molecule has 0 radical (unpaired) electrons. The molecular weight excluding hydrogens is 506 g/mol. The van der Waals surface area contributed by atoms with Crippen LogP contribution in [0.15, 0.2) is 101 Å². The van der Waals surface area contributed by atoms with Crippen LogP contribution >= 0.6 is 12.2 Å². The van der Waals surface area contributed by atoms with Crippen molar-refractivity contribution in [1.29, 1.82) is 0 Å². The van der Waals surface area contributed by atoms with Crippen molar-refractivity contribution < 1.29 is 13.9 Å². The van der Waals surface area contributed by atoms with Crippen LogP contribution in [0.5, 0.6) is 5.75 Å². The number of thiocarbonyl (C=S) groups is 1. The predicted octanol–water partition coefficient (Wildman–Crippen LogP) is 7.71. The molecule has 5 rings (SSSR count). The van der Waals surface area contributed by atoms with Gasteiger partial charge in [-0.05, 0) is 90.3 Å². The number of rotatable bonds is 8. The van der Waals surface area contributed by atoms with Crippen molar-refractivity contribution in [2.45, 2.75) is 32.8 Å². The minimum Gasteiger partial charge on any atom is -0.489 e. The highest BCUT2D eigenvalue weighted by Crippen LogP contribution is 2.29. The zero-order valence-corrected chi connectivity index (χ0v) is 22.6. The van der Waals surface area contributed by atoms with Crippen LogP contribution < -0.4 is 15.4 Å². The molecule has 0 saturated heterocycles. The molecule has 4 aromatic carbocycles. The maximum atomic E-state index is 12.7. The van der Waals surface area contributed by atoms with Crippen molar-refractivity contribution >= 4 is 40.0 Å². The highest BCUT2D eigenvalue weighted by molar-refractivity contribution is 7.80. The van der Waals surface area contributed by atoms with Gasteiger partial charge in [0.25, 0.3) is 5.91 Å². The van der Waals surface area contributed by atoms with Crippen molar-refractivity contribution in [3.8, 4) is 17.2 Å². The predicted molar refractivity (Wildman–Crippen MR) is 159 cm³/mol. The SMILES string of the molecule is CCC(C)c1ccc2oc(-c3cccc(NC(=S)NC(=O)c4ccc(OCc5ccccc5)cc4)c3)nc2c1. The first-order valence-electron chi connectivity index (χ1n) is 12.9. The molecule has 1 heterocycles. The Morgan fingerprint density at radius 2 is 1.77 bits per heavy atom. The van der Waals surface area contributed by atoms with Gasteiger partial charge in [0.15, 0.2) is 10.7 Å². The van der Waals surface area contributed by atoms with Crippen molar-refractivity contribution in [2.24, 2.45) is 0 Å². The number of oxazole rings is 1. The van der Waals surface area contributed by atoms with Gasteiger partial charge in [0.1, 0.15) is 17.9 Å². The summed E-state index contributed by atoms with van der Waals surface area (Å²) in [5, 5.41) is 5.99. The van der Waals surface area contributed by atoms with Gasteiger partial charge in [0.2, 0.25) is 5.89 Å². The summed E-state index contributed by atoms with van der Waals surface area (Å²) in [5.74, 6) is 1.36. The Balaban J connectivity index is 1.20. The standard InChI is InChI=1S/C32H29N3O3S/c1-3-21(2)24-14-17-29-28(19-24)34-31(38-29)25-10-7-11-26(18-25)33-32(39)35-30(36)23-12-15-27(16-13-23)37-20-22-8-5-4-6-9-22/h4-19,21H,3,20H2,1-2H3,(H2,33,35,36,39). The summed E-state index contributed by atoms with van der Waals surface area (Å²) >= 11 is 5.39. The van der Waals surface area contributed by atoms with E-state index in [0.29, 0.717) is 35.4 Å². The third-order valence-corrected chi connectivity index (χ3v) is 6.76. The lowest BCUT2D eigenvalue weighted by Crippen LogP contribution is -2.34. The molecule has 196 valence electrons. The van der Waals surface area contributed by atoms with E-state index in [1.807, 2.05) is 60.7 Å². The Hall–Kier alpha value is -4.49. The van der Waals surface area contributed by atoms with Crippen molar-refractivity contribution in [3.63, 3.8) is 0 Å². The van der Waals surface area contributed by atoms with Crippen LogP contribution in [0.3, 0.4) is 0 Å². The number of anilines is 1. The lowest BCUT2D eigenvalue weighted by atomic mass is 9.98. The Labute approximate surface area is 233 Å². The fraction of sp³-hybridized carbons (Fsp3) is 0.156. The summed E-state index contributed by atoms with van der Waals surface area (Å²) in [5.41, 5.74) is 5.90. The van der Waals surface area contributed by atoms with Gasteiger partial charge in [-0.15, -0.1) is 0 Å². The van der Waals surface area contributed by atoms with Gasteiger partial charge in [-0.25, -0.2) is 4.98 Å². The lowest BCUT2D eigenvalue weighted by molar-refractivity contribution is 0.0977. The number of nitrogens with zero attached hydrogens (tertiary/aromatic N) is 1. The Kier molecular flexibility index (Phi) is 7.99. The smallest absolute Gasteiger partial charge is 0.257 e. The molecule has 1 aromatic heterocycles. The zero-order chi connectivity index (χ0) is 27.2. The molecular formula is C32H29N3O3S. The first-order chi connectivity index (χ1) is 19.0. The Morgan fingerprint density at radius 3 is 2.54 bits per heavy atom. The molecule has 2 N–H and O–H groups in total. The lowest BCUT2D eigenvalue weighted by Gasteiger charge is -2.11. The van der Waals surface area contributed by atoms with Crippen LogP contribution in [0.2, 0.25) is 0 Å². The van der Waals surface area contributed by atoms with E-state index in [-0.39, 0.29) is 11.0 Å². The Morgan fingerprint density at radius 1 is 0.974 bits per heavy atom. The second kappa shape index (κ2) is 11.9. The number of ether oxygens (including phenoxy) is 1. The third-order valence-electron chi connectivity index (χ3n) is 6.55. The van der Waals surface area contributed by atoms with E-state index in [1.165, 1.54) is 5.56 Å². The zero-order valence-electron chi connectivity index (χ0n) is 21.8. The van der Waals surface area contributed by atoms with Crippen LogP contribution in [-0.2, 0) is 6.61 Å². The number of fused-ring (bicyclic) bond motifs is 1. The van der Waals surface area contributed by atoms with Crippen molar-refractivity contribution in [2.75, 3.05) is 5.32 Å². The number of hydrogen-bond acceptors (Lipinski definition) is 5. The molecule has 0 bridgehead atoms. The molecule has 0 saturated carbocycles. The van der Waals surface area contributed by atoms with E-state index in [9.17, 15) is 4.79 Å².